The molecule has 0 aliphatic rings. The van der Waals surface area contributed by atoms with Crippen molar-refractivity contribution in [1.29, 1.82) is 0 Å². The summed E-state index contributed by atoms with van der Waals surface area (Å²) >= 11 is 0. The number of unbranched alkanes of at least 4 members (excludes halogenated alkanes) is 29. The Kier molecular flexibility index (Phi) is 38.9. The Morgan fingerprint density at radius 1 is 0.500 bits per heavy atom. The summed E-state index contributed by atoms with van der Waals surface area (Å²) < 4.78 is 32.7. The molecule has 52 heavy (non-hydrogen) atoms. The summed E-state index contributed by atoms with van der Waals surface area (Å²) in [5.74, 6) is -0.815. The van der Waals surface area contributed by atoms with Crippen molar-refractivity contribution < 1.29 is 37.6 Å². The van der Waals surface area contributed by atoms with Crippen LogP contribution in [0.5, 0.6) is 0 Å². The molecular formula is C42H84NO8P. The topological polar surface area (TPSA) is 134 Å². The van der Waals surface area contributed by atoms with Gasteiger partial charge in [0.1, 0.15) is 6.61 Å². The molecule has 10 heteroatoms. The Balaban J connectivity index is 4.01. The van der Waals surface area contributed by atoms with Crippen LogP contribution >= 0.6 is 7.82 Å². The minimum atomic E-state index is -4.36. The Labute approximate surface area is 320 Å². The van der Waals surface area contributed by atoms with Crippen LogP contribution in [0.1, 0.15) is 226 Å². The smallest absolute Gasteiger partial charge is 0.462 e. The molecule has 0 aromatic heterocycles. The van der Waals surface area contributed by atoms with Crippen LogP contribution in [0.2, 0.25) is 0 Å². The normalized spacial score (nSPS) is 13.2. The molecule has 0 amide bonds. The van der Waals surface area contributed by atoms with E-state index >= 15 is 0 Å². The van der Waals surface area contributed by atoms with Crippen molar-refractivity contribution in [2.75, 3.05) is 26.4 Å². The first-order valence-electron chi connectivity index (χ1n) is 22.0. The highest BCUT2D eigenvalue weighted by Crippen LogP contribution is 2.43. The van der Waals surface area contributed by atoms with E-state index in [0.717, 1.165) is 32.1 Å². The second kappa shape index (κ2) is 39.7. The molecule has 0 bridgehead atoms. The van der Waals surface area contributed by atoms with Gasteiger partial charge in [-0.3, -0.25) is 18.6 Å². The number of phosphoric acid groups is 1. The van der Waals surface area contributed by atoms with Gasteiger partial charge in [-0.05, 0) is 12.8 Å². The van der Waals surface area contributed by atoms with E-state index in [1.54, 1.807) is 0 Å². The van der Waals surface area contributed by atoms with Gasteiger partial charge in [-0.1, -0.05) is 200 Å². The lowest BCUT2D eigenvalue weighted by atomic mass is 10.0. The zero-order chi connectivity index (χ0) is 38.2. The van der Waals surface area contributed by atoms with Crippen LogP contribution in [-0.2, 0) is 32.7 Å². The van der Waals surface area contributed by atoms with Crippen LogP contribution < -0.4 is 5.73 Å². The number of esters is 2. The number of rotatable bonds is 42. The number of phosphoric ester groups is 1. The second-order valence-electron chi connectivity index (χ2n) is 14.9. The van der Waals surface area contributed by atoms with Crippen molar-refractivity contribution in [3.05, 3.63) is 0 Å². The van der Waals surface area contributed by atoms with E-state index in [1.165, 1.54) is 161 Å². The zero-order valence-electron chi connectivity index (χ0n) is 34.1. The summed E-state index contributed by atoms with van der Waals surface area (Å²) in [6.07, 6.45) is 38.6. The minimum absolute atomic E-state index is 0.0579. The number of hydrogen-bond acceptors (Lipinski definition) is 8. The van der Waals surface area contributed by atoms with Gasteiger partial charge in [0.25, 0.3) is 0 Å². The SMILES string of the molecule is CCCCCCCCCCCCCCCCCCCCCCCC(=O)OC(COC(=O)CCCCCCCCCCCC)COP(=O)(O)OCCN. The van der Waals surface area contributed by atoms with Crippen molar-refractivity contribution in [3.63, 3.8) is 0 Å². The fourth-order valence-electron chi connectivity index (χ4n) is 6.46. The van der Waals surface area contributed by atoms with Crippen LogP contribution in [0.4, 0.5) is 0 Å². The van der Waals surface area contributed by atoms with E-state index < -0.39 is 26.5 Å². The average Bonchev–Trinajstić information content (AvgIpc) is 3.13. The van der Waals surface area contributed by atoms with E-state index in [1.807, 2.05) is 0 Å². The summed E-state index contributed by atoms with van der Waals surface area (Å²) in [4.78, 5) is 34.8. The lowest BCUT2D eigenvalue weighted by Gasteiger charge is -2.19. The summed E-state index contributed by atoms with van der Waals surface area (Å²) in [7, 11) is -4.36. The van der Waals surface area contributed by atoms with Crippen LogP contribution in [0.25, 0.3) is 0 Å². The number of carbonyl (C=O) groups is 2. The van der Waals surface area contributed by atoms with Gasteiger partial charge < -0.3 is 20.1 Å². The molecule has 3 N–H and O–H groups in total. The maximum Gasteiger partial charge on any atom is 0.472 e. The molecule has 0 heterocycles. The molecule has 0 aliphatic heterocycles. The first-order chi connectivity index (χ1) is 25.3. The van der Waals surface area contributed by atoms with Crippen molar-refractivity contribution in [1.82, 2.24) is 0 Å². The Hall–Kier alpha value is -0.990. The molecule has 0 radical (unpaired) electrons. The molecular weight excluding hydrogens is 677 g/mol. The molecule has 0 aromatic carbocycles. The van der Waals surface area contributed by atoms with Crippen LogP contribution in [-0.4, -0.2) is 49.3 Å². The lowest BCUT2D eigenvalue weighted by Crippen LogP contribution is -2.29. The molecule has 9 nitrogen and oxygen atoms in total. The second-order valence-corrected chi connectivity index (χ2v) is 16.4. The third kappa shape index (κ3) is 38.7. The maximum atomic E-state index is 12.6. The molecule has 310 valence electrons. The highest BCUT2D eigenvalue weighted by atomic mass is 31.2. The number of carbonyl (C=O) groups excluding carboxylic acids is 2. The Morgan fingerprint density at radius 2 is 0.827 bits per heavy atom. The van der Waals surface area contributed by atoms with Gasteiger partial charge in [0.05, 0.1) is 13.2 Å². The average molecular weight is 762 g/mol. The lowest BCUT2D eigenvalue weighted by molar-refractivity contribution is -0.161. The van der Waals surface area contributed by atoms with Gasteiger partial charge in [-0.15, -0.1) is 0 Å². The largest absolute Gasteiger partial charge is 0.472 e. The van der Waals surface area contributed by atoms with E-state index in [-0.39, 0.29) is 38.6 Å². The fourth-order valence-corrected chi connectivity index (χ4v) is 7.23. The van der Waals surface area contributed by atoms with Crippen LogP contribution in [0, 0.1) is 0 Å². The van der Waals surface area contributed by atoms with E-state index in [0.29, 0.717) is 6.42 Å². The Bertz CT molecular complexity index is 830. The predicted molar refractivity (Wildman–Crippen MR) is 215 cm³/mol. The molecule has 0 saturated heterocycles. The third-order valence-electron chi connectivity index (χ3n) is 9.74. The third-order valence-corrected chi connectivity index (χ3v) is 10.7. The van der Waals surface area contributed by atoms with Crippen molar-refractivity contribution in [2.24, 2.45) is 5.73 Å². The quantitative estimate of drug-likeness (QED) is 0.0354. The number of nitrogens with two attached hydrogens (primary N) is 1. The predicted octanol–water partition coefficient (Wildman–Crippen LogP) is 12.4. The van der Waals surface area contributed by atoms with Gasteiger partial charge in [-0.2, -0.15) is 0 Å². The standard InChI is InChI=1S/C42H84NO8P/c1-3-5-7-9-11-13-15-16-17-18-19-20-21-22-23-24-25-27-29-31-33-35-42(45)51-40(39-50-52(46,47)49-37-36-43)38-48-41(44)34-32-30-28-26-14-12-10-8-6-4-2/h40H,3-39,43H2,1-2H3,(H,46,47). The molecule has 0 aliphatic carbocycles. The highest BCUT2D eigenvalue weighted by molar-refractivity contribution is 7.47. The van der Waals surface area contributed by atoms with Gasteiger partial charge >= 0.3 is 19.8 Å². The van der Waals surface area contributed by atoms with Gasteiger partial charge in [0, 0.05) is 19.4 Å². The van der Waals surface area contributed by atoms with E-state index in [9.17, 15) is 19.0 Å². The van der Waals surface area contributed by atoms with Gasteiger partial charge in [0.2, 0.25) is 0 Å². The minimum Gasteiger partial charge on any atom is -0.462 e. The van der Waals surface area contributed by atoms with Crippen LogP contribution in [0.15, 0.2) is 0 Å². The van der Waals surface area contributed by atoms with Crippen molar-refractivity contribution in [3.8, 4) is 0 Å². The van der Waals surface area contributed by atoms with E-state index in [4.69, 9.17) is 24.3 Å². The maximum absolute atomic E-state index is 12.6. The monoisotopic (exact) mass is 762 g/mol. The number of hydrogen-bond donors (Lipinski definition) is 2. The zero-order valence-corrected chi connectivity index (χ0v) is 35.0. The van der Waals surface area contributed by atoms with Crippen molar-refractivity contribution >= 4 is 19.8 Å². The number of ether oxygens (including phenoxy) is 2. The van der Waals surface area contributed by atoms with Crippen molar-refractivity contribution in [2.45, 2.75) is 232 Å². The first kappa shape index (κ1) is 51.0. The van der Waals surface area contributed by atoms with Gasteiger partial charge in [0.15, 0.2) is 6.10 Å². The molecule has 0 fully saturated rings. The molecule has 0 saturated carbocycles. The molecule has 0 aromatic rings. The summed E-state index contributed by atoms with van der Waals surface area (Å²) in [5, 5.41) is 0. The first-order valence-corrected chi connectivity index (χ1v) is 23.5. The molecule has 2 unspecified atom stereocenters. The highest BCUT2D eigenvalue weighted by Gasteiger charge is 2.26. The fraction of sp³-hybridized carbons (Fsp3) is 0.952. The van der Waals surface area contributed by atoms with Gasteiger partial charge in [-0.25, -0.2) is 4.57 Å². The Morgan fingerprint density at radius 3 is 1.17 bits per heavy atom. The summed E-state index contributed by atoms with van der Waals surface area (Å²) in [6, 6.07) is 0. The molecule has 0 rings (SSSR count). The van der Waals surface area contributed by atoms with Crippen LogP contribution in [0.3, 0.4) is 0 Å². The summed E-state index contributed by atoms with van der Waals surface area (Å²) in [6.45, 7) is 3.76. The molecule has 2 atom stereocenters. The molecule has 0 spiro atoms. The van der Waals surface area contributed by atoms with E-state index in [2.05, 4.69) is 13.8 Å². The summed E-state index contributed by atoms with van der Waals surface area (Å²) in [5.41, 5.74) is 5.34.